The highest BCUT2D eigenvalue weighted by atomic mass is 16.5. The van der Waals surface area contributed by atoms with Crippen molar-refractivity contribution in [2.45, 2.75) is 105 Å². The summed E-state index contributed by atoms with van der Waals surface area (Å²) in [7, 11) is 0. The molecule has 0 radical (unpaired) electrons. The van der Waals surface area contributed by atoms with E-state index in [2.05, 4.69) is 0 Å². The molecule has 2 N–H and O–H groups in total. The van der Waals surface area contributed by atoms with Gasteiger partial charge in [-0.1, -0.05) is 83.1 Å². The first-order valence-corrected chi connectivity index (χ1v) is 14.6. The third-order valence-electron chi connectivity index (χ3n) is 7.05. The van der Waals surface area contributed by atoms with Crippen LogP contribution in [0.15, 0.2) is 36.5 Å². The Bertz CT molecular complexity index is 1280. The van der Waals surface area contributed by atoms with Gasteiger partial charge in [-0.25, -0.2) is 9.59 Å². The molecule has 0 atom stereocenters. The predicted molar refractivity (Wildman–Crippen MR) is 171 cm³/mol. The molecule has 238 valence electrons. The number of hydroxylamine groups is 2. The Balaban J connectivity index is 2.02. The van der Waals surface area contributed by atoms with E-state index in [1.807, 2.05) is 83.1 Å². The van der Waals surface area contributed by atoms with Gasteiger partial charge in [0.1, 0.15) is 24.7 Å². The minimum Gasteiger partial charge on any atom is -0.759 e. The Kier molecular flexibility index (Phi) is 10.8. The quantitative estimate of drug-likeness (QED) is 0.236. The summed E-state index contributed by atoms with van der Waals surface area (Å²) in [5.74, 6) is -0.803. The molecule has 0 heterocycles. The van der Waals surface area contributed by atoms with Gasteiger partial charge in [-0.05, 0) is 58.2 Å². The number of carbonyl (C=O) groups is 2. The molecule has 0 bridgehead atoms. The number of aromatic hydroxyl groups is 2. The highest BCUT2D eigenvalue weighted by Gasteiger charge is 2.29. The number of rotatable bonds is 8. The number of hydrogen-bond donors (Lipinski definition) is 2. The molecular formula is C35H50NO7-. The summed E-state index contributed by atoms with van der Waals surface area (Å²) in [6.45, 7) is 23.1. The van der Waals surface area contributed by atoms with Crippen molar-refractivity contribution in [1.29, 1.82) is 0 Å². The van der Waals surface area contributed by atoms with Crippen molar-refractivity contribution in [3.63, 3.8) is 0 Å². The largest absolute Gasteiger partial charge is 0.759 e. The van der Waals surface area contributed by atoms with Gasteiger partial charge in [0, 0.05) is 28.8 Å². The zero-order chi connectivity index (χ0) is 33.1. The van der Waals surface area contributed by atoms with Crippen LogP contribution in [-0.4, -0.2) is 47.0 Å². The Morgan fingerprint density at radius 2 is 1.00 bits per heavy atom. The summed E-state index contributed by atoms with van der Waals surface area (Å²) >= 11 is 0. The SMILES string of the molecule is CC(C)(C)c1cc(C(=O)OCC=CN([O-])CCOC(=O)c2cc(C(C)(C)C)c(O)c(C(C)(C)C)c2)cc(C(C)(C)C)c1O. The summed E-state index contributed by atoms with van der Waals surface area (Å²) in [5, 5.41) is 34.6. The molecule has 0 saturated heterocycles. The van der Waals surface area contributed by atoms with Crippen LogP contribution in [0.3, 0.4) is 0 Å². The van der Waals surface area contributed by atoms with Crippen molar-refractivity contribution in [1.82, 2.24) is 5.06 Å². The molecular weight excluding hydrogens is 546 g/mol. The van der Waals surface area contributed by atoms with Gasteiger partial charge in [0.05, 0.1) is 11.1 Å². The van der Waals surface area contributed by atoms with Crippen LogP contribution < -0.4 is 0 Å². The monoisotopic (exact) mass is 596 g/mol. The Labute approximate surface area is 257 Å². The first-order chi connectivity index (χ1) is 19.4. The van der Waals surface area contributed by atoms with E-state index in [4.69, 9.17) is 9.47 Å². The van der Waals surface area contributed by atoms with Crippen molar-refractivity contribution < 1.29 is 29.3 Å². The molecule has 2 aromatic rings. The van der Waals surface area contributed by atoms with E-state index in [-0.39, 0.29) is 31.3 Å². The Hall–Kier alpha value is -3.52. The van der Waals surface area contributed by atoms with Crippen LogP contribution in [0.2, 0.25) is 0 Å². The van der Waals surface area contributed by atoms with Gasteiger partial charge in [0.15, 0.2) is 0 Å². The normalized spacial score (nSPS) is 12.9. The maximum atomic E-state index is 12.8. The van der Waals surface area contributed by atoms with E-state index in [1.54, 1.807) is 24.3 Å². The second-order valence-corrected chi connectivity index (χ2v) is 15.1. The fraction of sp³-hybridized carbons (Fsp3) is 0.543. The number of hydrogen-bond acceptors (Lipinski definition) is 8. The van der Waals surface area contributed by atoms with Crippen molar-refractivity contribution >= 4 is 11.9 Å². The lowest BCUT2D eigenvalue weighted by Crippen LogP contribution is -2.21. The molecule has 8 nitrogen and oxygen atoms in total. The minimum absolute atomic E-state index is 0.117. The smallest absolute Gasteiger partial charge is 0.338 e. The van der Waals surface area contributed by atoms with Gasteiger partial charge in [0.2, 0.25) is 0 Å². The number of phenols is 2. The van der Waals surface area contributed by atoms with E-state index in [1.165, 1.54) is 12.3 Å². The summed E-state index contributed by atoms with van der Waals surface area (Å²) in [6.07, 6.45) is 2.63. The molecule has 0 fully saturated rings. The summed E-state index contributed by atoms with van der Waals surface area (Å²) in [4.78, 5) is 25.7. The van der Waals surface area contributed by atoms with E-state index in [0.29, 0.717) is 38.4 Å². The highest BCUT2D eigenvalue weighted by Crippen LogP contribution is 2.41. The van der Waals surface area contributed by atoms with Crippen molar-refractivity contribution in [3.05, 3.63) is 75.1 Å². The number of esters is 2. The fourth-order valence-electron chi connectivity index (χ4n) is 4.55. The molecule has 43 heavy (non-hydrogen) atoms. The van der Waals surface area contributed by atoms with E-state index in [0.717, 1.165) is 0 Å². The van der Waals surface area contributed by atoms with Crippen LogP contribution in [0, 0.1) is 5.21 Å². The zero-order valence-corrected chi connectivity index (χ0v) is 28.0. The van der Waals surface area contributed by atoms with Crippen LogP contribution in [0.1, 0.15) is 126 Å². The van der Waals surface area contributed by atoms with Gasteiger partial charge in [-0.15, -0.1) is 0 Å². The van der Waals surface area contributed by atoms with Crippen molar-refractivity contribution in [2.24, 2.45) is 0 Å². The minimum atomic E-state index is -0.583. The van der Waals surface area contributed by atoms with Gasteiger partial charge in [-0.3, -0.25) is 0 Å². The van der Waals surface area contributed by atoms with Crippen LogP contribution in [0.5, 0.6) is 11.5 Å². The van der Waals surface area contributed by atoms with E-state index < -0.39 is 33.6 Å². The average molecular weight is 597 g/mol. The predicted octanol–water partition coefficient (Wildman–Crippen LogP) is 7.62. The highest BCUT2D eigenvalue weighted by molar-refractivity contribution is 5.91. The van der Waals surface area contributed by atoms with Crippen LogP contribution >= 0.6 is 0 Å². The van der Waals surface area contributed by atoms with Crippen LogP contribution in [0.25, 0.3) is 0 Å². The molecule has 2 aromatic carbocycles. The molecule has 0 aromatic heterocycles. The van der Waals surface area contributed by atoms with Gasteiger partial charge in [-0.2, -0.15) is 0 Å². The maximum absolute atomic E-state index is 12.8. The molecule has 0 amide bonds. The number of nitrogens with zero attached hydrogens (tertiary/aromatic N) is 1. The lowest BCUT2D eigenvalue weighted by atomic mass is 9.78. The first kappa shape index (κ1) is 35.7. The Morgan fingerprint density at radius 3 is 1.33 bits per heavy atom. The lowest BCUT2D eigenvalue weighted by molar-refractivity contribution is 0.0486. The zero-order valence-electron chi connectivity index (χ0n) is 28.0. The summed E-state index contributed by atoms with van der Waals surface area (Å²) in [5.41, 5.74) is 1.66. The summed E-state index contributed by atoms with van der Waals surface area (Å²) < 4.78 is 10.7. The van der Waals surface area contributed by atoms with Gasteiger partial charge < -0.3 is 30.0 Å². The molecule has 0 spiro atoms. The number of benzene rings is 2. The second kappa shape index (κ2) is 13.0. The lowest BCUT2D eigenvalue weighted by Gasteiger charge is -2.28. The molecule has 0 aliphatic rings. The topological polar surface area (TPSA) is 119 Å². The number of phenolic OH excluding ortho intramolecular Hbond substituents is 2. The summed E-state index contributed by atoms with van der Waals surface area (Å²) in [6, 6.07) is 6.57. The van der Waals surface area contributed by atoms with Crippen molar-refractivity contribution in [3.8, 4) is 11.5 Å². The third kappa shape index (κ3) is 9.48. The molecule has 2 rings (SSSR count). The Morgan fingerprint density at radius 1 is 0.674 bits per heavy atom. The molecule has 0 unspecified atom stereocenters. The van der Waals surface area contributed by atoms with Gasteiger partial charge in [0.25, 0.3) is 0 Å². The average Bonchev–Trinajstić information content (AvgIpc) is 2.83. The third-order valence-corrected chi connectivity index (χ3v) is 7.05. The van der Waals surface area contributed by atoms with Crippen molar-refractivity contribution in [2.75, 3.05) is 19.8 Å². The molecule has 8 heteroatoms. The number of ether oxygens (including phenoxy) is 2. The fourth-order valence-corrected chi connectivity index (χ4v) is 4.55. The van der Waals surface area contributed by atoms with E-state index in [9.17, 15) is 25.0 Å². The molecule has 0 aliphatic heterocycles. The van der Waals surface area contributed by atoms with E-state index >= 15 is 0 Å². The first-order valence-electron chi connectivity index (χ1n) is 14.6. The van der Waals surface area contributed by atoms with Crippen LogP contribution in [-0.2, 0) is 31.1 Å². The van der Waals surface area contributed by atoms with Gasteiger partial charge >= 0.3 is 11.9 Å². The van der Waals surface area contributed by atoms with Crippen LogP contribution in [0.4, 0.5) is 0 Å². The standard InChI is InChI=1S/C35H50NO7/c1-32(2,3)24-18-22(19-25(28(24)37)33(4,5)6)30(39)42-16-13-14-36(41)15-17-43-31(40)23-20-26(34(7,8)9)29(38)27(21-23)35(10,11)12/h13-14,18-21,37-38H,15-17H2,1-12H3/q-1. The number of carbonyl (C=O) groups excluding carboxylic acids is 2. The maximum Gasteiger partial charge on any atom is 0.338 e. The molecule has 0 aliphatic carbocycles. The second-order valence-electron chi connectivity index (χ2n) is 15.1. The molecule has 0 saturated carbocycles.